The van der Waals surface area contributed by atoms with Gasteiger partial charge in [0, 0.05) is 16.8 Å². The van der Waals surface area contributed by atoms with Gasteiger partial charge in [-0.05, 0) is 50.5 Å². The molecule has 1 heterocycles. The molecule has 0 spiro atoms. The van der Waals surface area contributed by atoms with E-state index in [0.29, 0.717) is 5.56 Å². The van der Waals surface area contributed by atoms with E-state index in [-0.39, 0.29) is 29.1 Å². The van der Waals surface area contributed by atoms with E-state index in [1.165, 1.54) is 30.5 Å². The molecule has 0 bridgehead atoms. The largest absolute Gasteiger partial charge is 0.384 e. The number of aromatic nitrogens is 1. The molecule has 0 saturated carbocycles. The third kappa shape index (κ3) is 3.19. The molecule has 7 heteroatoms. The van der Waals surface area contributed by atoms with Crippen molar-refractivity contribution in [1.82, 2.24) is 10.3 Å². The first-order chi connectivity index (χ1) is 12.1. The van der Waals surface area contributed by atoms with Crippen LogP contribution < -0.4 is 5.32 Å². The number of aliphatic hydroxyl groups is 1. The molecule has 1 aliphatic rings. The second kappa shape index (κ2) is 6.59. The number of carbonyl (C=O) groups excluding carboxylic acids is 1. The molecule has 0 radical (unpaired) electrons. The van der Waals surface area contributed by atoms with Crippen molar-refractivity contribution < 1.29 is 18.7 Å². The fourth-order valence-corrected chi connectivity index (χ4v) is 3.63. The number of rotatable bonds is 3. The number of alkyl halides is 1. The van der Waals surface area contributed by atoms with E-state index < -0.39 is 29.0 Å². The number of halogens is 3. The molecule has 4 nitrogen and oxygen atoms in total. The number of hydrogen-bond donors (Lipinski definition) is 2. The van der Waals surface area contributed by atoms with Gasteiger partial charge in [0.25, 0.3) is 5.91 Å². The Morgan fingerprint density at radius 2 is 2.12 bits per heavy atom. The number of carbonyl (C=O) groups is 1. The molecule has 1 aromatic carbocycles. The molecule has 0 saturated heterocycles. The van der Waals surface area contributed by atoms with Gasteiger partial charge in [0.1, 0.15) is 11.4 Å². The van der Waals surface area contributed by atoms with E-state index in [1.54, 1.807) is 13.8 Å². The quantitative estimate of drug-likeness (QED) is 0.848. The minimum Gasteiger partial charge on any atom is -0.384 e. The average molecular weight is 381 g/mol. The van der Waals surface area contributed by atoms with Crippen LogP contribution in [-0.4, -0.2) is 16.0 Å². The van der Waals surface area contributed by atoms with E-state index in [9.17, 15) is 14.3 Å². The maximum Gasteiger partial charge on any atom is 0.262 e. The van der Waals surface area contributed by atoms with Crippen LogP contribution in [0, 0.1) is 5.82 Å². The number of nitrogens with zero attached hydrogens (tertiary/aromatic N) is 1. The molecule has 2 N–H and O–H groups in total. The van der Waals surface area contributed by atoms with Crippen LogP contribution >= 0.6 is 11.6 Å². The number of hydrogen-bond acceptors (Lipinski definition) is 3. The molecule has 3 atom stereocenters. The van der Waals surface area contributed by atoms with Crippen LogP contribution in [0.5, 0.6) is 0 Å². The monoisotopic (exact) mass is 380 g/mol. The second-order valence-electron chi connectivity index (χ2n) is 6.84. The number of nitrogens with one attached hydrogen (secondary N) is 1. The fourth-order valence-electron chi connectivity index (χ4n) is 3.30. The Morgan fingerprint density at radius 3 is 2.81 bits per heavy atom. The Kier molecular flexibility index (Phi) is 4.75. The minimum atomic E-state index is -2.31. The van der Waals surface area contributed by atoms with Gasteiger partial charge in [-0.3, -0.25) is 9.78 Å². The van der Waals surface area contributed by atoms with Crippen molar-refractivity contribution >= 4 is 17.5 Å². The topological polar surface area (TPSA) is 62.2 Å². The zero-order valence-corrected chi connectivity index (χ0v) is 15.1. The fraction of sp³-hybridized carbons (Fsp3) is 0.368. The second-order valence-corrected chi connectivity index (χ2v) is 7.24. The summed E-state index contributed by atoms with van der Waals surface area (Å²) in [4.78, 5) is 16.8. The van der Waals surface area contributed by atoms with Crippen LogP contribution in [0.4, 0.5) is 8.78 Å². The summed E-state index contributed by atoms with van der Waals surface area (Å²) in [5.41, 5.74) is -2.90. The predicted molar refractivity (Wildman–Crippen MR) is 93.8 cm³/mol. The molecule has 0 fully saturated rings. The summed E-state index contributed by atoms with van der Waals surface area (Å²) in [7, 11) is 0. The zero-order valence-electron chi connectivity index (χ0n) is 14.4. The van der Waals surface area contributed by atoms with Gasteiger partial charge in [-0.25, -0.2) is 8.78 Å². The van der Waals surface area contributed by atoms with E-state index >= 15 is 4.39 Å². The summed E-state index contributed by atoms with van der Waals surface area (Å²) in [6.07, 6.45) is 1.35. The summed E-state index contributed by atoms with van der Waals surface area (Å²) in [6.45, 7) is 3.20. The summed E-state index contributed by atoms with van der Waals surface area (Å²) < 4.78 is 28.9. The van der Waals surface area contributed by atoms with Crippen molar-refractivity contribution in [1.29, 1.82) is 0 Å². The molecule has 1 aromatic heterocycles. The highest BCUT2D eigenvalue weighted by Gasteiger charge is 2.50. The van der Waals surface area contributed by atoms with Crippen molar-refractivity contribution in [3.63, 3.8) is 0 Å². The predicted octanol–water partition coefficient (Wildman–Crippen LogP) is 3.92. The molecule has 1 unspecified atom stereocenters. The summed E-state index contributed by atoms with van der Waals surface area (Å²) >= 11 is 6.02. The van der Waals surface area contributed by atoms with Crippen LogP contribution in [0.1, 0.15) is 49.6 Å². The zero-order chi connectivity index (χ0) is 19.1. The normalized spacial score (nSPS) is 26.1. The van der Waals surface area contributed by atoms with Crippen molar-refractivity contribution in [3.05, 3.63) is 64.2 Å². The van der Waals surface area contributed by atoms with Gasteiger partial charge < -0.3 is 10.4 Å². The smallest absolute Gasteiger partial charge is 0.262 e. The van der Waals surface area contributed by atoms with Crippen LogP contribution in [0.3, 0.4) is 0 Å². The molecule has 2 aromatic rings. The van der Waals surface area contributed by atoms with Crippen molar-refractivity contribution in [2.75, 3.05) is 0 Å². The van der Waals surface area contributed by atoms with Gasteiger partial charge >= 0.3 is 0 Å². The highest BCUT2D eigenvalue weighted by molar-refractivity contribution is 6.31. The van der Waals surface area contributed by atoms with Crippen molar-refractivity contribution in [2.24, 2.45) is 0 Å². The Morgan fingerprint density at radius 1 is 1.38 bits per heavy atom. The number of benzene rings is 1. The highest BCUT2D eigenvalue weighted by atomic mass is 35.5. The first-order valence-corrected chi connectivity index (χ1v) is 8.66. The summed E-state index contributed by atoms with van der Waals surface area (Å²) in [5.74, 6) is -1.33. The van der Waals surface area contributed by atoms with Crippen molar-refractivity contribution in [3.8, 4) is 0 Å². The minimum absolute atomic E-state index is 0.0613. The highest BCUT2D eigenvalue weighted by Crippen LogP contribution is 2.45. The third-order valence-corrected chi connectivity index (χ3v) is 5.16. The van der Waals surface area contributed by atoms with Gasteiger partial charge in [-0.15, -0.1) is 0 Å². The molecule has 3 rings (SSSR count). The van der Waals surface area contributed by atoms with Gasteiger partial charge in [0.15, 0.2) is 0 Å². The van der Waals surface area contributed by atoms with Crippen LogP contribution in [0.25, 0.3) is 0 Å². The van der Waals surface area contributed by atoms with Crippen molar-refractivity contribution in [2.45, 2.75) is 44.0 Å². The van der Waals surface area contributed by atoms with Crippen LogP contribution in [0.2, 0.25) is 5.02 Å². The SMILES string of the molecule is CC(NC(=O)[C@]1(F)CC[C@](C)(O)c2ncccc21)c1ccc(F)cc1Cl. The Labute approximate surface area is 155 Å². The standard InChI is InChI=1S/C19H19ClF2N2O2/c1-11(13-6-5-12(21)10-15(13)20)24-17(25)19(22)8-7-18(2,26)16-14(19)4-3-9-23-16/h3-6,9-11,26H,7-8H2,1-2H3,(H,24,25)/t11?,18-,19-/m0/s1. The van der Waals surface area contributed by atoms with Crippen LogP contribution in [-0.2, 0) is 16.1 Å². The molecular weight excluding hydrogens is 362 g/mol. The molecule has 1 aliphatic carbocycles. The third-order valence-electron chi connectivity index (χ3n) is 4.84. The Bertz CT molecular complexity index is 859. The molecule has 26 heavy (non-hydrogen) atoms. The van der Waals surface area contributed by atoms with Gasteiger partial charge in [0.2, 0.25) is 5.67 Å². The average Bonchev–Trinajstić information content (AvgIpc) is 2.58. The van der Waals surface area contributed by atoms with E-state index in [2.05, 4.69) is 10.3 Å². The molecule has 0 aliphatic heterocycles. The molecule has 138 valence electrons. The van der Waals surface area contributed by atoms with Gasteiger partial charge in [-0.1, -0.05) is 23.7 Å². The van der Waals surface area contributed by atoms with Crippen LogP contribution in [0.15, 0.2) is 36.5 Å². The lowest BCUT2D eigenvalue weighted by Gasteiger charge is -2.38. The van der Waals surface area contributed by atoms with Gasteiger partial charge in [-0.2, -0.15) is 0 Å². The first kappa shape index (κ1) is 18.7. The van der Waals surface area contributed by atoms with E-state index in [0.717, 1.165) is 6.07 Å². The van der Waals surface area contributed by atoms with E-state index in [1.807, 2.05) is 0 Å². The number of pyridine rings is 1. The maximum absolute atomic E-state index is 15.7. The first-order valence-electron chi connectivity index (χ1n) is 8.28. The number of amides is 1. The Balaban J connectivity index is 1.90. The molecule has 1 amide bonds. The Hall–Kier alpha value is -2.05. The summed E-state index contributed by atoms with van der Waals surface area (Å²) in [5, 5.41) is 13.2. The van der Waals surface area contributed by atoms with E-state index in [4.69, 9.17) is 11.6 Å². The lowest BCUT2D eigenvalue weighted by molar-refractivity contribution is -0.137. The molecular formula is C19H19ClF2N2O2. The lowest BCUT2D eigenvalue weighted by Crippen LogP contribution is -2.47. The maximum atomic E-state index is 15.7. The van der Waals surface area contributed by atoms with Gasteiger partial charge in [0.05, 0.1) is 11.7 Å². The number of fused-ring (bicyclic) bond motifs is 1. The lowest BCUT2D eigenvalue weighted by atomic mass is 9.75. The summed E-state index contributed by atoms with van der Waals surface area (Å²) in [6, 6.07) is 6.20.